The molecule has 0 aliphatic carbocycles. The molecule has 0 unspecified atom stereocenters. The predicted molar refractivity (Wildman–Crippen MR) is 87.3 cm³/mol. The lowest BCUT2D eigenvalue weighted by Gasteiger charge is -2.15. The summed E-state index contributed by atoms with van der Waals surface area (Å²) in [5.74, 6) is -3.41. The number of alkyl halides is 3. The average Bonchev–Trinajstić information content (AvgIpc) is 2.43. The largest absolute Gasteiger partial charge is 0.462 e. The van der Waals surface area contributed by atoms with Crippen molar-refractivity contribution in [3.05, 3.63) is 22.2 Å². The fourth-order valence-corrected chi connectivity index (χ4v) is 1.90. The highest BCUT2D eigenvalue weighted by atomic mass is 35.6. The Morgan fingerprint density at radius 1 is 1.29 bits per heavy atom. The zero-order chi connectivity index (χ0) is 18.7. The summed E-state index contributed by atoms with van der Waals surface area (Å²) in [6, 6.07) is -1.25. The lowest BCUT2D eigenvalue weighted by molar-refractivity contribution is -0.119. The molecule has 1 aromatic rings. The molecule has 0 aliphatic rings. The van der Waals surface area contributed by atoms with Crippen molar-refractivity contribution in [2.75, 3.05) is 11.9 Å². The Kier molecular flexibility index (Phi) is 7.03. The summed E-state index contributed by atoms with van der Waals surface area (Å²) in [7, 11) is 0. The number of carbonyl (C=O) groups is 3. The number of amides is 3. The first-order chi connectivity index (χ1) is 11.0. The van der Waals surface area contributed by atoms with Crippen molar-refractivity contribution in [3.8, 4) is 0 Å². The molecule has 3 amide bonds. The summed E-state index contributed by atoms with van der Waals surface area (Å²) in [5, 5.41) is 3.03. The van der Waals surface area contributed by atoms with Crippen LogP contribution in [0.2, 0.25) is 5.15 Å². The highest BCUT2D eigenvalue weighted by Gasteiger charge is 2.33. The van der Waals surface area contributed by atoms with Gasteiger partial charge < -0.3 is 10.1 Å². The van der Waals surface area contributed by atoms with E-state index in [1.54, 1.807) is 5.32 Å². The summed E-state index contributed by atoms with van der Waals surface area (Å²) in [4.78, 5) is 38.8. The van der Waals surface area contributed by atoms with Crippen LogP contribution in [-0.2, 0) is 9.53 Å². The van der Waals surface area contributed by atoms with Crippen molar-refractivity contribution in [3.63, 3.8) is 0 Å². The molecule has 0 saturated heterocycles. The third kappa shape index (κ3) is 5.07. The Labute approximate surface area is 155 Å². The molecule has 1 rings (SSSR count). The number of hydrogen-bond donors (Lipinski definition) is 2. The van der Waals surface area contributed by atoms with Crippen LogP contribution in [0.15, 0.2) is 0 Å². The number of imide groups is 1. The second-order valence-corrected chi connectivity index (χ2v) is 6.82. The lowest BCUT2D eigenvalue weighted by atomic mass is 10.1. The Morgan fingerprint density at radius 2 is 1.88 bits per heavy atom. The van der Waals surface area contributed by atoms with Crippen LogP contribution in [-0.4, -0.2) is 33.3 Å². The highest BCUT2D eigenvalue weighted by molar-refractivity contribution is 6.76. The molecule has 0 aromatic carbocycles. The van der Waals surface area contributed by atoms with Crippen molar-refractivity contribution >= 4 is 70.0 Å². The molecule has 0 spiro atoms. The van der Waals surface area contributed by atoms with E-state index in [1.165, 1.54) is 13.8 Å². The topological polar surface area (TPSA) is 97.4 Å². The summed E-state index contributed by atoms with van der Waals surface area (Å²) in [6.45, 7) is 2.89. The quantitative estimate of drug-likeness (QED) is 0.443. The van der Waals surface area contributed by atoms with Crippen LogP contribution in [0.4, 0.5) is 14.9 Å². The standard InChI is InChI=1S/C12H10Cl4FN3O4/c1-3-24-9(21)5-4(2)18-8(13)6(17)7(5)19-11(23)20-10(22)12(14,15)16/h3H2,1-2H3,(H2,18,19,20,22,23). The number of nitrogens with one attached hydrogen (secondary N) is 2. The second kappa shape index (κ2) is 8.15. The van der Waals surface area contributed by atoms with E-state index in [1.807, 2.05) is 5.32 Å². The van der Waals surface area contributed by atoms with E-state index >= 15 is 0 Å². The monoisotopic (exact) mass is 419 g/mol. The number of ether oxygens (including phenoxy) is 1. The number of hydrogen-bond acceptors (Lipinski definition) is 5. The molecule has 0 atom stereocenters. The maximum absolute atomic E-state index is 14.2. The van der Waals surface area contributed by atoms with Gasteiger partial charge in [0, 0.05) is 0 Å². The van der Waals surface area contributed by atoms with Crippen LogP contribution < -0.4 is 10.6 Å². The van der Waals surface area contributed by atoms with E-state index in [0.29, 0.717) is 0 Å². The molecular formula is C12H10Cl4FN3O4. The Morgan fingerprint density at radius 3 is 2.38 bits per heavy atom. The van der Waals surface area contributed by atoms with Gasteiger partial charge in [0.25, 0.3) is 9.70 Å². The van der Waals surface area contributed by atoms with Gasteiger partial charge in [-0.2, -0.15) is 0 Å². The first kappa shape index (κ1) is 20.7. The van der Waals surface area contributed by atoms with Crippen molar-refractivity contribution in [1.29, 1.82) is 0 Å². The molecule has 12 heteroatoms. The summed E-state index contributed by atoms with van der Waals surface area (Å²) in [6.07, 6.45) is 0. The van der Waals surface area contributed by atoms with E-state index in [9.17, 15) is 18.8 Å². The molecule has 0 aliphatic heterocycles. The van der Waals surface area contributed by atoms with Gasteiger partial charge in [-0.25, -0.2) is 19.0 Å². The minimum Gasteiger partial charge on any atom is -0.462 e. The van der Waals surface area contributed by atoms with Gasteiger partial charge in [0.1, 0.15) is 5.56 Å². The number of anilines is 1. The van der Waals surface area contributed by atoms with Gasteiger partial charge in [0.05, 0.1) is 18.0 Å². The molecule has 0 fully saturated rings. The molecule has 2 N–H and O–H groups in total. The van der Waals surface area contributed by atoms with Gasteiger partial charge in [-0.1, -0.05) is 46.4 Å². The van der Waals surface area contributed by atoms with Gasteiger partial charge in [-0.15, -0.1) is 0 Å². The van der Waals surface area contributed by atoms with Crippen molar-refractivity contribution in [2.24, 2.45) is 0 Å². The predicted octanol–water partition coefficient (Wildman–Crippen LogP) is 3.38. The highest BCUT2D eigenvalue weighted by Crippen LogP contribution is 2.29. The van der Waals surface area contributed by atoms with Crippen molar-refractivity contribution in [2.45, 2.75) is 17.6 Å². The van der Waals surface area contributed by atoms with Gasteiger partial charge in [0.2, 0.25) is 0 Å². The number of rotatable bonds is 3. The first-order valence-electron chi connectivity index (χ1n) is 6.20. The smallest absolute Gasteiger partial charge is 0.342 e. The zero-order valence-corrected chi connectivity index (χ0v) is 15.2. The third-order valence-electron chi connectivity index (χ3n) is 2.48. The molecule has 1 aromatic heterocycles. The summed E-state index contributed by atoms with van der Waals surface area (Å²) >= 11 is 21.5. The van der Waals surface area contributed by atoms with E-state index in [4.69, 9.17) is 51.1 Å². The minimum atomic E-state index is -2.41. The van der Waals surface area contributed by atoms with Gasteiger partial charge in [-0.3, -0.25) is 10.1 Å². The van der Waals surface area contributed by atoms with E-state index in [2.05, 4.69) is 4.98 Å². The fraction of sp³-hybridized carbons (Fsp3) is 0.333. The van der Waals surface area contributed by atoms with Crippen LogP contribution >= 0.6 is 46.4 Å². The number of urea groups is 1. The molecule has 0 saturated carbocycles. The molecule has 0 bridgehead atoms. The number of pyridine rings is 1. The Bertz CT molecular complexity index is 694. The van der Waals surface area contributed by atoms with E-state index < -0.39 is 38.4 Å². The SMILES string of the molecule is CCOC(=O)c1c(C)nc(Cl)c(F)c1NC(=O)NC(=O)C(Cl)(Cl)Cl. The van der Waals surface area contributed by atoms with Gasteiger partial charge in [0.15, 0.2) is 11.0 Å². The number of aromatic nitrogens is 1. The second-order valence-electron chi connectivity index (χ2n) is 4.18. The van der Waals surface area contributed by atoms with Crippen LogP contribution in [0.3, 0.4) is 0 Å². The number of esters is 1. The van der Waals surface area contributed by atoms with Crippen LogP contribution in [0, 0.1) is 12.7 Å². The van der Waals surface area contributed by atoms with Crippen LogP contribution in [0.1, 0.15) is 23.0 Å². The van der Waals surface area contributed by atoms with Gasteiger partial charge in [-0.05, 0) is 13.8 Å². The number of halogens is 5. The molecule has 0 radical (unpaired) electrons. The Hall–Kier alpha value is -1.35. The van der Waals surface area contributed by atoms with Crippen LogP contribution in [0.25, 0.3) is 0 Å². The average molecular weight is 421 g/mol. The first-order valence-corrected chi connectivity index (χ1v) is 7.72. The van der Waals surface area contributed by atoms with E-state index in [0.717, 1.165) is 0 Å². The Balaban J connectivity index is 3.20. The number of nitrogens with zero attached hydrogens (tertiary/aromatic N) is 1. The maximum atomic E-state index is 14.2. The fourth-order valence-electron chi connectivity index (χ4n) is 1.54. The van der Waals surface area contributed by atoms with Crippen molar-refractivity contribution in [1.82, 2.24) is 10.3 Å². The summed E-state index contributed by atoms with van der Waals surface area (Å²) in [5.41, 5.74) is -0.987. The third-order valence-corrected chi connectivity index (χ3v) is 3.25. The molecular weight excluding hydrogens is 411 g/mol. The summed E-state index contributed by atoms with van der Waals surface area (Å²) < 4.78 is 16.5. The normalized spacial score (nSPS) is 11.0. The lowest BCUT2D eigenvalue weighted by Crippen LogP contribution is -2.41. The molecule has 24 heavy (non-hydrogen) atoms. The molecule has 7 nitrogen and oxygen atoms in total. The van der Waals surface area contributed by atoms with Crippen LogP contribution in [0.5, 0.6) is 0 Å². The maximum Gasteiger partial charge on any atom is 0.342 e. The van der Waals surface area contributed by atoms with E-state index in [-0.39, 0.29) is 17.9 Å². The number of carbonyl (C=O) groups excluding carboxylic acids is 3. The van der Waals surface area contributed by atoms with Crippen molar-refractivity contribution < 1.29 is 23.5 Å². The molecule has 1 heterocycles. The number of aryl methyl sites for hydroxylation is 1. The minimum absolute atomic E-state index is 0.0000943. The molecule has 132 valence electrons. The van der Waals surface area contributed by atoms with Gasteiger partial charge >= 0.3 is 12.0 Å². The zero-order valence-electron chi connectivity index (χ0n) is 12.2.